The lowest BCUT2D eigenvalue weighted by atomic mass is 10.0. The third kappa shape index (κ3) is 1.95. The van der Waals surface area contributed by atoms with Crippen LogP contribution in [0.5, 0.6) is 0 Å². The largest absolute Gasteiger partial charge is 0.343 e. The molecule has 1 aromatic carbocycles. The fourth-order valence-electron chi connectivity index (χ4n) is 2.70. The molecule has 3 heterocycles. The first-order chi connectivity index (χ1) is 10.2. The number of halogens is 1. The second-order valence-corrected chi connectivity index (χ2v) is 5.00. The van der Waals surface area contributed by atoms with E-state index in [2.05, 4.69) is 15.5 Å². The fourth-order valence-corrected chi connectivity index (χ4v) is 2.70. The summed E-state index contributed by atoms with van der Waals surface area (Å²) in [5.41, 5.74) is 0.288. The minimum absolute atomic E-state index is 0.149. The number of ether oxygens (including phenoxy) is 2. The van der Waals surface area contributed by atoms with Gasteiger partial charge in [0.1, 0.15) is 11.9 Å². The van der Waals surface area contributed by atoms with Gasteiger partial charge >= 0.3 is 0 Å². The number of aromatic nitrogens is 4. The molecule has 108 valence electrons. The van der Waals surface area contributed by atoms with Crippen molar-refractivity contribution >= 4 is 5.78 Å². The van der Waals surface area contributed by atoms with Crippen LogP contribution >= 0.6 is 0 Å². The predicted octanol–water partition coefficient (Wildman–Crippen LogP) is 0.735. The van der Waals surface area contributed by atoms with Crippen molar-refractivity contribution in [1.29, 1.82) is 0 Å². The van der Waals surface area contributed by atoms with E-state index in [-0.39, 0.29) is 35.7 Å². The Hall–Kier alpha value is -2.19. The zero-order chi connectivity index (χ0) is 14.4. The molecule has 0 amide bonds. The lowest BCUT2D eigenvalue weighted by Gasteiger charge is -2.26. The first-order valence-electron chi connectivity index (χ1n) is 6.56. The van der Waals surface area contributed by atoms with Crippen molar-refractivity contribution in [2.24, 2.45) is 0 Å². The molecule has 0 aliphatic carbocycles. The summed E-state index contributed by atoms with van der Waals surface area (Å²) in [5.74, 6) is -0.291. The summed E-state index contributed by atoms with van der Waals surface area (Å²) in [6.45, 7) is 0.303. The van der Waals surface area contributed by atoms with Crippen LogP contribution in [0.2, 0.25) is 0 Å². The molecule has 21 heavy (non-hydrogen) atoms. The molecule has 2 aliphatic heterocycles. The predicted molar refractivity (Wildman–Crippen MR) is 66.5 cm³/mol. The number of fused-ring (bicyclic) bond motifs is 2. The highest BCUT2D eigenvalue weighted by Crippen LogP contribution is 2.34. The summed E-state index contributed by atoms with van der Waals surface area (Å²) in [6.07, 6.45) is -0.872. The maximum absolute atomic E-state index is 13.9. The van der Waals surface area contributed by atoms with Crippen LogP contribution in [0.15, 0.2) is 24.3 Å². The van der Waals surface area contributed by atoms with Crippen LogP contribution in [0.25, 0.3) is 11.4 Å². The number of tetrazole rings is 1. The van der Waals surface area contributed by atoms with Gasteiger partial charge in [-0.15, -0.1) is 5.10 Å². The Morgan fingerprint density at radius 2 is 2.19 bits per heavy atom. The minimum Gasteiger partial charge on any atom is -0.343 e. The van der Waals surface area contributed by atoms with Gasteiger partial charge < -0.3 is 9.47 Å². The van der Waals surface area contributed by atoms with E-state index < -0.39 is 12.1 Å². The molecule has 1 aromatic heterocycles. The summed E-state index contributed by atoms with van der Waals surface area (Å²) >= 11 is 0. The molecule has 2 aliphatic rings. The quantitative estimate of drug-likeness (QED) is 0.811. The molecule has 2 aromatic rings. The number of rotatable bonds is 2. The Balaban J connectivity index is 1.76. The molecular formula is C13H11FN4O3. The lowest BCUT2D eigenvalue weighted by Crippen LogP contribution is -2.37. The van der Waals surface area contributed by atoms with Gasteiger partial charge in [-0.05, 0) is 22.6 Å². The van der Waals surface area contributed by atoms with Gasteiger partial charge in [-0.3, -0.25) is 4.79 Å². The van der Waals surface area contributed by atoms with Gasteiger partial charge in [-0.25, -0.2) is 9.07 Å². The SMILES string of the molecule is O=C1C[C@@H](n2nnnc2-c2ccccc2F)[C@@H]2CO[C@H]1O2. The van der Waals surface area contributed by atoms with E-state index in [9.17, 15) is 9.18 Å². The average Bonchev–Trinajstić information content (AvgIpc) is 3.12. The zero-order valence-corrected chi connectivity index (χ0v) is 10.8. The smallest absolute Gasteiger partial charge is 0.218 e. The summed E-state index contributed by atoms with van der Waals surface area (Å²) < 4.78 is 26.1. The first kappa shape index (κ1) is 12.5. The maximum Gasteiger partial charge on any atom is 0.218 e. The van der Waals surface area contributed by atoms with Crippen LogP contribution in [0.3, 0.4) is 0 Å². The summed E-state index contributed by atoms with van der Waals surface area (Å²) in [4.78, 5) is 11.9. The van der Waals surface area contributed by atoms with Gasteiger partial charge in [0.25, 0.3) is 0 Å². The Bertz CT molecular complexity index is 704. The van der Waals surface area contributed by atoms with Crippen molar-refractivity contribution in [1.82, 2.24) is 20.2 Å². The normalized spacial score (nSPS) is 28.0. The van der Waals surface area contributed by atoms with Crippen LogP contribution in [-0.4, -0.2) is 45.0 Å². The number of benzene rings is 1. The van der Waals surface area contributed by atoms with Crippen LogP contribution in [0, 0.1) is 5.82 Å². The number of hydrogen-bond donors (Lipinski definition) is 0. The number of nitrogens with zero attached hydrogens (tertiary/aromatic N) is 4. The topological polar surface area (TPSA) is 79.1 Å². The summed E-state index contributed by atoms with van der Waals surface area (Å²) in [7, 11) is 0. The Morgan fingerprint density at radius 1 is 1.33 bits per heavy atom. The van der Waals surface area contributed by atoms with Crippen LogP contribution < -0.4 is 0 Å². The third-order valence-electron chi connectivity index (χ3n) is 3.73. The molecule has 2 bridgehead atoms. The maximum atomic E-state index is 13.9. The molecule has 7 nitrogen and oxygen atoms in total. The van der Waals surface area contributed by atoms with Gasteiger partial charge in [0.2, 0.25) is 6.29 Å². The molecule has 2 fully saturated rings. The van der Waals surface area contributed by atoms with Crippen molar-refractivity contribution in [2.75, 3.05) is 6.61 Å². The van der Waals surface area contributed by atoms with Gasteiger partial charge in [-0.1, -0.05) is 12.1 Å². The van der Waals surface area contributed by atoms with E-state index in [0.29, 0.717) is 6.61 Å². The highest BCUT2D eigenvalue weighted by Gasteiger charge is 2.45. The molecular weight excluding hydrogens is 279 g/mol. The molecule has 0 N–H and O–H groups in total. The fraction of sp³-hybridized carbons (Fsp3) is 0.385. The van der Waals surface area contributed by atoms with E-state index >= 15 is 0 Å². The zero-order valence-electron chi connectivity index (χ0n) is 10.8. The van der Waals surface area contributed by atoms with Gasteiger partial charge in [0, 0.05) is 6.42 Å². The van der Waals surface area contributed by atoms with E-state index in [0.717, 1.165) is 0 Å². The molecule has 0 radical (unpaired) electrons. The molecule has 0 unspecified atom stereocenters. The molecule has 0 spiro atoms. The van der Waals surface area contributed by atoms with E-state index in [1.807, 2.05) is 0 Å². The molecule has 2 saturated heterocycles. The van der Waals surface area contributed by atoms with Crippen LogP contribution in [0.4, 0.5) is 4.39 Å². The highest BCUT2D eigenvalue weighted by atomic mass is 19.1. The van der Waals surface area contributed by atoms with Crippen molar-refractivity contribution in [3.05, 3.63) is 30.1 Å². The number of carbonyl (C=O) groups is 1. The Labute approximate surface area is 118 Å². The summed E-state index contributed by atoms with van der Waals surface area (Å²) in [6, 6.07) is 5.84. The van der Waals surface area contributed by atoms with E-state index in [1.54, 1.807) is 18.2 Å². The minimum atomic E-state index is -0.778. The van der Waals surface area contributed by atoms with Gasteiger partial charge in [0.05, 0.1) is 18.2 Å². The van der Waals surface area contributed by atoms with Crippen molar-refractivity contribution in [3.63, 3.8) is 0 Å². The first-order valence-corrected chi connectivity index (χ1v) is 6.56. The van der Waals surface area contributed by atoms with Crippen molar-refractivity contribution in [2.45, 2.75) is 24.9 Å². The number of Topliss-reactive ketones (excluding diaryl/α,β-unsaturated/α-hetero) is 1. The van der Waals surface area contributed by atoms with E-state index in [4.69, 9.17) is 9.47 Å². The van der Waals surface area contributed by atoms with Gasteiger partial charge in [0.15, 0.2) is 11.6 Å². The van der Waals surface area contributed by atoms with Gasteiger partial charge in [-0.2, -0.15) is 0 Å². The highest BCUT2D eigenvalue weighted by molar-refractivity contribution is 5.83. The number of hydrogen-bond acceptors (Lipinski definition) is 6. The average molecular weight is 290 g/mol. The Kier molecular flexibility index (Phi) is 2.79. The number of carbonyl (C=O) groups excluding carboxylic acids is 1. The monoisotopic (exact) mass is 290 g/mol. The molecule has 8 heteroatoms. The molecule has 4 rings (SSSR count). The standard InChI is InChI=1S/C13H11FN4O3/c14-8-4-2-1-3-7(8)12-15-16-17-18(12)9-5-10(19)13-20-6-11(9)21-13/h1-4,9,11,13H,5-6H2/t9-,11+,13+/m1/s1. The lowest BCUT2D eigenvalue weighted by molar-refractivity contribution is -0.156. The second kappa shape index (κ2) is 4.68. The van der Waals surface area contributed by atoms with Crippen LogP contribution in [0.1, 0.15) is 12.5 Å². The van der Waals surface area contributed by atoms with Crippen molar-refractivity contribution in [3.8, 4) is 11.4 Å². The molecule has 3 atom stereocenters. The number of ketones is 1. The second-order valence-electron chi connectivity index (χ2n) is 5.00. The third-order valence-corrected chi connectivity index (χ3v) is 3.73. The summed E-state index contributed by atoms with van der Waals surface area (Å²) in [5, 5.41) is 11.4. The Morgan fingerprint density at radius 3 is 3.05 bits per heavy atom. The van der Waals surface area contributed by atoms with E-state index in [1.165, 1.54) is 10.7 Å². The van der Waals surface area contributed by atoms with Crippen molar-refractivity contribution < 1.29 is 18.7 Å². The molecule has 0 saturated carbocycles. The van der Waals surface area contributed by atoms with Crippen LogP contribution in [-0.2, 0) is 14.3 Å².